The highest BCUT2D eigenvalue weighted by molar-refractivity contribution is 6.29. The molecule has 19 heavy (non-hydrogen) atoms. The lowest BCUT2D eigenvalue weighted by Gasteiger charge is -2.11. The monoisotopic (exact) mass is 272 g/mol. The zero-order valence-electron chi connectivity index (χ0n) is 11.5. The van der Waals surface area contributed by atoms with Crippen molar-refractivity contribution in [1.29, 1.82) is 0 Å². The highest BCUT2D eigenvalue weighted by Gasteiger charge is 2.26. The largest absolute Gasteiger partial charge is 0.233 e. The van der Waals surface area contributed by atoms with E-state index in [1.165, 1.54) is 29.5 Å². The summed E-state index contributed by atoms with van der Waals surface area (Å²) in [5.41, 5.74) is 5.90. The van der Waals surface area contributed by atoms with Gasteiger partial charge < -0.3 is 0 Å². The number of halogens is 1. The molecule has 3 heteroatoms. The minimum atomic E-state index is 0.547. The third-order valence-corrected chi connectivity index (χ3v) is 3.80. The Labute approximate surface area is 118 Å². The molecule has 0 bridgehead atoms. The highest BCUT2D eigenvalue weighted by Crippen LogP contribution is 2.40. The Balaban J connectivity index is 2.16. The van der Waals surface area contributed by atoms with Crippen LogP contribution in [-0.4, -0.2) is 9.97 Å². The maximum Gasteiger partial charge on any atom is 0.161 e. The van der Waals surface area contributed by atoms with Crippen LogP contribution in [0, 0.1) is 20.8 Å². The molecule has 1 saturated carbocycles. The first-order valence-electron chi connectivity index (χ1n) is 6.67. The second-order valence-corrected chi connectivity index (χ2v) is 5.87. The molecular formula is C16H17ClN2. The van der Waals surface area contributed by atoms with Gasteiger partial charge in [-0.2, -0.15) is 0 Å². The van der Waals surface area contributed by atoms with Gasteiger partial charge >= 0.3 is 0 Å². The third kappa shape index (κ3) is 2.50. The van der Waals surface area contributed by atoms with Crippen molar-refractivity contribution in [2.24, 2.45) is 0 Å². The van der Waals surface area contributed by atoms with Crippen molar-refractivity contribution in [1.82, 2.24) is 9.97 Å². The Morgan fingerprint density at radius 1 is 1.00 bits per heavy atom. The second-order valence-electron chi connectivity index (χ2n) is 5.49. The summed E-state index contributed by atoms with van der Waals surface area (Å²) in [4.78, 5) is 9.14. The number of aromatic nitrogens is 2. The molecule has 0 saturated heterocycles. The van der Waals surface area contributed by atoms with E-state index in [1.54, 1.807) is 0 Å². The molecule has 98 valence electrons. The van der Waals surface area contributed by atoms with Crippen molar-refractivity contribution < 1.29 is 0 Å². The molecule has 0 aliphatic heterocycles. The van der Waals surface area contributed by atoms with E-state index in [4.69, 9.17) is 16.6 Å². The van der Waals surface area contributed by atoms with Crippen molar-refractivity contribution >= 4 is 11.6 Å². The lowest BCUT2D eigenvalue weighted by Crippen LogP contribution is -1.99. The van der Waals surface area contributed by atoms with E-state index >= 15 is 0 Å². The quantitative estimate of drug-likeness (QED) is 0.747. The molecule has 2 nitrogen and oxygen atoms in total. The number of nitrogens with zero attached hydrogens (tertiary/aromatic N) is 2. The average molecular weight is 273 g/mol. The van der Waals surface area contributed by atoms with Crippen LogP contribution in [0.2, 0.25) is 5.15 Å². The fourth-order valence-corrected chi connectivity index (χ4v) is 2.86. The first kappa shape index (κ1) is 12.6. The van der Waals surface area contributed by atoms with E-state index in [9.17, 15) is 0 Å². The van der Waals surface area contributed by atoms with Crippen LogP contribution in [0.1, 0.15) is 41.1 Å². The average Bonchev–Trinajstić information content (AvgIpc) is 3.10. The summed E-state index contributed by atoms with van der Waals surface area (Å²) >= 11 is 6.16. The number of hydrogen-bond donors (Lipinski definition) is 0. The van der Waals surface area contributed by atoms with Crippen molar-refractivity contribution in [3.05, 3.63) is 45.7 Å². The van der Waals surface area contributed by atoms with Gasteiger partial charge in [0.05, 0.1) is 0 Å². The summed E-state index contributed by atoms with van der Waals surface area (Å²) in [7, 11) is 0. The molecule has 2 aromatic rings. The molecule has 1 aromatic carbocycles. The fourth-order valence-electron chi connectivity index (χ4n) is 2.67. The number of hydrogen-bond acceptors (Lipinski definition) is 2. The molecule has 3 rings (SSSR count). The zero-order valence-corrected chi connectivity index (χ0v) is 12.3. The summed E-state index contributed by atoms with van der Waals surface area (Å²) in [5, 5.41) is 0.547. The Morgan fingerprint density at radius 3 is 2.21 bits per heavy atom. The maximum absolute atomic E-state index is 6.16. The Hall–Kier alpha value is -1.41. The SMILES string of the molecule is Cc1cc(C)c(-c2nc(Cl)cc(C3CC3)n2)c(C)c1. The van der Waals surface area contributed by atoms with Gasteiger partial charge in [-0.3, -0.25) is 0 Å². The predicted molar refractivity (Wildman–Crippen MR) is 78.7 cm³/mol. The first-order valence-corrected chi connectivity index (χ1v) is 7.05. The van der Waals surface area contributed by atoms with Gasteiger partial charge in [-0.05, 0) is 50.8 Å². The van der Waals surface area contributed by atoms with E-state index in [0.29, 0.717) is 11.1 Å². The van der Waals surface area contributed by atoms with E-state index < -0.39 is 0 Å². The molecule has 0 N–H and O–H groups in total. The maximum atomic E-state index is 6.16. The van der Waals surface area contributed by atoms with Crippen LogP contribution in [0.5, 0.6) is 0 Å². The van der Waals surface area contributed by atoms with Crippen LogP contribution in [0.4, 0.5) is 0 Å². The molecule has 1 fully saturated rings. The van der Waals surface area contributed by atoms with Crippen LogP contribution in [0.15, 0.2) is 18.2 Å². The van der Waals surface area contributed by atoms with Crippen LogP contribution >= 0.6 is 11.6 Å². The standard InChI is InChI=1S/C16H17ClN2/c1-9-6-10(2)15(11(3)7-9)16-18-13(12-4-5-12)8-14(17)19-16/h6-8,12H,4-5H2,1-3H3. The van der Waals surface area contributed by atoms with E-state index in [2.05, 4.69) is 37.9 Å². The lowest BCUT2D eigenvalue weighted by atomic mass is 9.99. The Bertz CT molecular complexity index is 622. The van der Waals surface area contributed by atoms with Crippen LogP contribution in [-0.2, 0) is 0 Å². The van der Waals surface area contributed by atoms with E-state index in [1.807, 2.05) is 6.07 Å². The predicted octanol–water partition coefficient (Wildman–Crippen LogP) is 4.60. The topological polar surface area (TPSA) is 25.8 Å². The van der Waals surface area contributed by atoms with Crippen LogP contribution in [0.25, 0.3) is 11.4 Å². The summed E-state index contributed by atoms with van der Waals surface area (Å²) < 4.78 is 0. The van der Waals surface area contributed by atoms with Crippen molar-refractivity contribution in [3.8, 4) is 11.4 Å². The van der Waals surface area contributed by atoms with Gasteiger partial charge in [0.15, 0.2) is 5.82 Å². The molecule has 0 amide bonds. The van der Waals surface area contributed by atoms with E-state index in [-0.39, 0.29) is 0 Å². The molecule has 1 heterocycles. The Morgan fingerprint density at radius 2 is 1.63 bits per heavy atom. The van der Waals surface area contributed by atoms with Crippen molar-refractivity contribution in [2.45, 2.75) is 39.5 Å². The number of rotatable bonds is 2. The van der Waals surface area contributed by atoms with Crippen LogP contribution in [0.3, 0.4) is 0 Å². The summed E-state index contributed by atoms with van der Waals surface area (Å²) in [6.07, 6.45) is 2.44. The van der Waals surface area contributed by atoms with Gasteiger partial charge in [0.1, 0.15) is 5.15 Å². The molecule has 1 aliphatic carbocycles. The van der Waals surface area contributed by atoms with Gasteiger partial charge in [0.2, 0.25) is 0 Å². The number of benzene rings is 1. The summed E-state index contributed by atoms with van der Waals surface area (Å²) in [6, 6.07) is 6.24. The summed E-state index contributed by atoms with van der Waals surface area (Å²) in [5.74, 6) is 1.36. The molecule has 0 radical (unpaired) electrons. The molecular weight excluding hydrogens is 256 g/mol. The molecule has 0 atom stereocenters. The fraction of sp³-hybridized carbons (Fsp3) is 0.375. The Kier molecular flexibility index (Phi) is 3.06. The molecule has 0 unspecified atom stereocenters. The van der Waals surface area contributed by atoms with Gasteiger partial charge in [0.25, 0.3) is 0 Å². The van der Waals surface area contributed by atoms with E-state index in [0.717, 1.165) is 17.1 Å². The minimum Gasteiger partial charge on any atom is -0.233 e. The van der Waals surface area contributed by atoms with Crippen LogP contribution < -0.4 is 0 Å². The smallest absolute Gasteiger partial charge is 0.161 e. The highest BCUT2D eigenvalue weighted by atomic mass is 35.5. The van der Waals surface area contributed by atoms with Gasteiger partial charge in [-0.1, -0.05) is 29.3 Å². The third-order valence-electron chi connectivity index (χ3n) is 3.61. The number of aryl methyl sites for hydroxylation is 3. The molecule has 1 aliphatic rings. The van der Waals surface area contributed by atoms with Gasteiger partial charge in [-0.15, -0.1) is 0 Å². The van der Waals surface area contributed by atoms with Gasteiger partial charge in [-0.25, -0.2) is 9.97 Å². The van der Waals surface area contributed by atoms with Gasteiger partial charge in [0, 0.05) is 17.2 Å². The lowest BCUT2D eigenvalue weighted by molar-refractivity contribution is 0.991. The summed E-state index contributed by atoms with van der Waals surface area (Å²) in [6.45, 7) is 6.32. The molecule has 1 aromatic heterocycles. The first-order chi connectivity index (χ1) is 9.04. The van der Waals surface area contributed by atoms with Crippen molar-refractivity contribution in [2.75, 3.05) is 0 Å². The normalized spacial score (nSPS) is 14.7. The second kappa shape index (κ2) is 4.61. The van der Waals surface area contributed by atoms with Crippen molar-refractivity contribution in [3.63, 3.8) is 0 Å². The molecule has 0 spiro atoms. The zero-order chi connectivity index (χ0) is 13.6. The minimum absolute atomic E-state index is 0.547.